The molecule has 10 aromatic rings. The average molecular weight is 1380 g/mol. The Labute approximate surface area is 619 Å². The summed E-state index contributed by atoms with van der Waals surface area (Å²) < 4.78 is 50.8. The zero-order valence-electron chi connectivity index (χ0n) is 64.8. The number of alkyl halides is 3. The van der Waals surface area contributed by atoms with E-state index in [0.29, 0.717) is 22.3 Å². The zero-order valence-corrected chi connectivity index (χ0v) is 64.8. The highest BCUT2D eigenvalue weighted by atomic mass is 19.4. The normalized spacial score (nSPS) is 21.6. The van der Waals surface area contributed by atoms with Gasteiger partial charge >= 0.3 is 6.18 Å². The van der Waals surface area contributed by atoms with Crippen molar-refractivity contribution < 1.29 is 13.2 Å². The minimum absolute atomic E-state index is 0.00597. The molecule has 7 aliphatic rings. The Morgan fingerprint density at radius 3 is 0.904 bits per heavy atom. The summed E-state index contributed by atoms with van der Waals surface area (Å²) in [6, 6.07) is 70.7. The molecule has 0 saturated heterocycles. The molecule has 0 saturated carbocycles. The lowest BCUT2D eigenvalue weighted by atomic mass is 9.57. The van der Waals surface area contributed by atoms with Crippen LogP contribution in [-0.4, -0.2) is 6.18 Å². The van der Waals surface area contributed by atoms with Crippen molar-refractivity contribution in [1.82, 2.24) is 0 Å². The first-order valence-corrected chi connectivity index (χ1v) is 40.6. The number of hydrogen-bond donors (Lipinski definition) is 0. The molecule has 10 aromatic carbocycles. The van der Waals surface area contributed by atoms with E-state index in [1.54, 1.807) is 0 Å². The minimum Gasteiger partial charge on any atom is -0.170 e. The van der Waals surface area contributed by atoms with Crippen LogP contribution < -0.4 is 0 Å². The Balaban J connectivity index is 0.700. The molecule has 0 fully saturated rings. The second-order valence-corrected chi connectivity index (χ2v) is 33.9. The second-order valence-electron chi connectivity index (χ2n) is 33.9. The number of hydrogen-bond acceptors (Lipinski definition) is 0. The van der Waals surface area contributed by atoms with E-state index in [-0.39, 0.29) is 32.5 Å². The van der Waals surface area contributed by atoms with Crippen molar-refractivity contribution in [2.75, 3.05) is 0 Å². The molecule has 17 rings (SSSR count). The molecule has 5 atom stereocenters. The van der Waals surface area contributed by atoms with E-state index in [9.17, 15) is 0 Å². The van der Waals surface area contributed by atoms with Gasteiger partial charge in [0.2, 0.25) is 0 Å². The molecule has 0 spiro atoms. The van der Waals surface area contributed by atoms with E-state index in [4.69, 9.17) is 0 Å². The Hall–Kier alpha value is -8.01. The van der Waals surface area contributed by atoms with E-state index in [2.05, 4.69) is 267 Å². The first-order chi connectivity index (χ1) is 50.1. The van der Waals surface area contributed by atoms with Crippen molar-refractivity contribution in [2.24, 2.45) is 0 Å². The predicted molar refractivity (Wildman–Crippen MR) is 430 cm³/mol. The summed E-state index contributed by atoms with van der Waals surface area (Å²) in [5, 5.41) is 0. The first kappa shape index (κ1) is 69.1. The Bertz CT molecular complexity index is 5200. The van der Waals surface area contributed by atoms with Crippen LogP contribution >= 0.6 is 0 Å². The van der Waals surface area contributed by atoms with Gasteiger partial charge in [0, 0.05) is 43.3 Å². The van der Waals surface area contributed by atoms with Crippen LogP contribution in [0.2, 0.25) is 0 Å². The van der Waals surface area contributed by atoms with Crippen LogP contribution in [0.1, 0.15) is 305 Å². The van der Waals surface area contributed by atoms with Crippen LogP contribution in [-0.2, 0) is 61.6 Å². The van der Waals surface area contributed by atoms with Gasteiger partial charge in [-0.1, -0.05) is 292 Å². The van der Waals surface area contributed by atoms with Gasteiger partial charge in [0.15, 0.2) is 0 Å². The second kappa shape index (κ2) is 23.7. The molecule has 0 bridgehead atoms. The summed E-state index contributed by atoms with van der Waals surface area (Å²) in [5.74, 6) is 0. The fourth-order valence-corrected chi connectivity index (χ4v) is 24.2. The maximum absolute atomic E-state index is 16.9. The standard InChI is InChI=1S/C101H107F3/c1-16-48-92(13,66-38-44-76-79-51-63-61-100(27-12,83(63)59-91(79)97(22-7,23-8)87(76)54-66)69-41-47-75-71-33-29-31-35-81(71)96(20-5,21-6)89(75)57-69)64-36-42-72-73-46-40-68(56-85(73)94(15,84(72)52-64)101(102,103)104)99(26-11)60-62-50-78-77-45-39-67(55-88(77)98(24-9,25-10)90(78)58-82(62)99)93(14,49-17-2)65-37-43-74-70-32-28-30-34-80(70)95(18-3,19-4)86(74)53-65/h28-47,50-59H,16-27,48-49,60-61H2,1-15H3. The van der Waals surface area contributed by atoms with Crippen LogP contribution in [0.5, 0.6) is 0 Å². The van der Waals surface area contributed by atoms with Gasteiger partial charge in [-0.3, -0.25) is 0 Å². The van der Waals surface area contributed by atoms with Crippen LogP contribution in [0, 0.1) is 0 Å². The molecule has 5 unspecified atom stereocenters. The summed E-state index contributed by atoms with van der Waals surface area (Å²) in [5.41, 5.74) is 33.6. The molecular formula is C101H107F3. The summed E-state index contributed by atoms with van der Waals surface area (Å²) in [7, 11) is 0. The average Bonchev–Trinajstić information content (AvgIpc) is 1.65. The van der Waals surface area contributed by atoms with Crippen LogP contribution in [0.15, 0.2) is 182 Å². The largest absolute Gasteiger partial charge is 0.402 e. The molecule has 3 heteroatoms. The van der Waals surface area contributed by atoms with Crippen molar-refractivity contribution in [3.8, 4) is 55.6 Å². The summed E-state index contributed by atoms with van der Waals surface area (Å²) >= 11 is 0. The van der Waals surface area contributed by atoms with Gasteiger partial charge in [-0.15, -0.1) is 0 Å². The summed E-state index contributed by atoms with van der Waals surface area (Å²) in [6.45, 7) is 34.5. The van der Waals surface area contributed by atoms with E-state index >= 15 is 13.2 Å². The van der Waals surface area contributed by atoms with Crippen molar-refractivity contribution in [1.29, 1.82) is 0 Å². The molecule has 0 heterocycles. The van der Waals surface area contributed by atoms with Gasteiger partial charge in [-0.2, -0.15) is 13.2 Å². The molecule has 7 aliphatic carbocycles. The molecule has 104 heavy (non-hydrogen) atoms. The topological polar surface area (TPSA) is 0 Å². The molecule has 0 aromatic heterocycles. The monoisotopic (exact) mass is 1380 g/mol. The molecular weight excluding hydrogens is 1270 g/mol. The fourth-order valence-electron chi connectivity index (χ4n) is 24.2. The molecule has 0 aliphatic heterocycles. The molecule has 532 valence electrons. The maximum atomic E-state index is 16.9. The van der Waals surface area contributed by atoms with E-state index in [0.717, 1.165) is 114 Å². The quantitative estimate of drug-likeness (QED) is 0.0713. The lowest BCUT2D eigenvalue weighted by Gasteiger charge is -2.46. The number of rotatable bonds is 20. The Morgan fingerprint density at radius 2 is 0.558 bits per heavy atom. The zero-order chi connectivity index (χ0) is 72.8. The third-order valence-corrected chi connectivity index (χ3v) is 30.9. The van der Waals surface area contributed by atoms with Gasteiger partial charge < -0.3 is 0 Å². The van der Waals surface area contributed by atoms with Gasteiger partial charge in [-0.25, -0.2) is 0 Å². The van der Waals surface area contributed by atoms with Gasteiger partial charge in [0.1, 0.15) is 5.41 Å². The predicted octanol–water partition coefficient (Wildman–Crippen LogP) is 27.6. The van der Waals surface area contributed by atoms with Gasteiger partial charge in [0.25, 0.3) is 0 Å². The van der Waals surface area contributed by atoms with Crippen LogP contribution in [0.3, 0.4) is 0 Å². The van der Waals surface area contributed by atoms with E-state index < -0.39 is 22.4 Å². The smallest absolute Gasteiger partial charge is 0.170 e. The highest BCUT2D eigenvalue weighted by molar-refractivity contribution is 5.89. The van der Waals surface area contributed by atoms with E-state index in [1.807, 2.05) is 12.1 Å². The van der Waals surface area contributed by atoms with Crippen molar-refractivity contribution in [3.05, 3.63) is 293 Å². The van der Waals surface area contributed by atoms with Crippen LogP contribution in [0.4, 0.5) is 13.2 Å². The molecule has 0 N–H and O–H groups in total. The SMILES string of the molecule is CCCC(C)(c1ccc2c(c1)C(CC)(CC)c1ccccc1-2)c1ccc2c(c1)C(CC)(CC)c1cc3c(cc1-2)CC3(CC)c1ccc2c(c1)C(C)(C(F)(F)F)c1cc(C(C)(CCC)c3ccc4c(c3)C(CC)(CC)c3cc5c(cc3-4)CC5(CC)c3ccc4c(c3)C(CC)(CC)c3ccccc3-4)ccc1-2. The first-order valence-electron chi connectivity index (χ1n) is 40.6. The molecule has 0 nitrogen and oxygen atoms in total. The Morgan fingerprint density at radius 1 is 0.279 bits per heavy atom. The number of fused-ring (bicyclic) bond motifs is 17. The molecule has 0 radical (unpaired) electrons. The van der Waals surface area contributed by atoms with Crippen LogP contribution in [0.25, 0.3) is 55.6 Å². The number of benzene rings is 10. The highest BCUT2D eigenvalue weighted by Crippen LogP contribution is 2.65. The maximum Gasteiger partial charge on any atom is 0.402 e. The lowest BCUT2D eigenvalue weighted by Crippen LogP contribution is -2.42. The minimum atomic E-state index is -4.56. The van der Waals surface area contributed by atoms with Crippen molar-refractivity contribution in [3.63, 3.8) is 0 Å². The fraction of sp³-hybridized carbons (Fsp3) is 0.406. The van der Waals surface area contributed by atoms with E-state index in [1.165, 1.54) is 140 Å². The van der Waals surface area contributed by atoms with Crippen molar-refractivity contribution in [2.45, 2.75) is 262 Å². The third-order valence-electron chi connectivity index (χ3n) is 30.9. The Kier molecular flexibility index (Phi) is 15.8. The number of halogens is 3. The summed E-state index contributed by atoms with van der Waals surface area (Å²) in [4.78, 5) is 0. The van der Waals surface area contributed by atoms with Gasteiger partial charge in [-0.05, 0) is 264 Å². The third kappa shape index (κ3) is 8.51. The highest BCUT2D eigenvalue weighted by Gasteiger charge is 2.60. The van der Waals surface area contributed by atoms with Gasteiger partial charge in [0.05, 0.1) is 0 Å². The summed E-state index contributed by atoms with van der Waals surface area (Å²) in [6.07, 6.45) is 10.9. The molecule has 0 amide bonds. The van der Waals surface area contributed by atoms with Crippen molar-refractivity contribution >= 4 is 0 Å². The lowest BCUT2D eigenvalue weighted by molar-refractivity contribution is -0.172.